The Kier molecular flexibility index (Phi) is 2.79. The van der Waals surface area contributed by atoms with Crippen molar-refractivity contribution in [2.75, 3.05) is 12.5 Å². The van der Waals surface area contributed by atoms with Crippen LogP contribution >= 0.6 is 11.6 Å². The zero-order chi connectivity index (χ0) is 8.48. The third-order valence-electron chi connectivity index (χ3n) is 2.22. The average molecular weight is 179 g/mol. The minimum atomic E-state index is -0.209. The maximum absolute atomic E-state index is 5.59. The van der Waals surface area contributed by atoms with Crippen molar-refractivity contribution in [3.63, 3.8) is 0 Å². The van der Waals surface area contributed by atoms with E-state index in [2.05, 4.69) is 20.8 Å². The van der Waals surface area contributed by atoms with E-state index in [1.54, 1.807) is 0 Å². The highest BCUT2D eigenvalue weighted by atomic mass is 35.5. The molecule has 0 amide bonds. The lowest BCUT2D eigenvalue weighted by Gasteiger charge is -2.39. The zero-order valence-corrected chi connectivity index (χ0v) is 8.02. The van der Waals surface area contributed by atoms with Gasteiger partial charge in [0.25, 0.3) is 0 Å². The molecule has 0 aromatic rings. The van der Waals surface area contributed by atoms with Gasteiger partial charge in [-0.1, -0.05) is 13.8 Å². The van der Waals surface area contributed by atoms with E-state index >= 15 is 0 Å². The van der Waals surface area contributed by atoms with Crippen LogP contribution in [0.2, 0.25) is 0 Å². The first-order valence-corrected chi connectivity index (χ1v) is 4.43. The van der Waals surface area contributed by atoms with Gasteiger partial charge in [-0.25, -0.2) is 0 Å². The number of hydrogen-bond acceptors (Lipinski definition) is 2. The Hall–Kier alpha value is 0.210. The van der Waals surface area contributed by atoms with E-state index in [0.29, 0.717) is 5.88 Å². The van der Waals surface area contributed by atoms with Crippen molar-refractivity contribution < 1.29 is 9.47 Å². The summed E-state index contributed by atoms with van der Waals surface area (Å²) in [5.74, 6) is 0.417. The van der Waals surface area contributed by atoms with Crippen LogP contribution < -0.4 is 0 Å². The molecule has 1 rings (SSSR count). The summed E-state index contributed by atoms with van der Waals surface area (Å²) in [6.07, 6.45) is 0.0136. The molecule has 66 valence electrons. The largest absolute Gasteiger partial charge is 0.351 e. The lowest BCUT2D eigenvalue weighted by molar-refractivity contribution is -0.244. The second-order valence-electron chi connectivity index (χ2n) is 3.66. The Morgan fingerprint density at radius 3 is 2.64 bits per heavy atom. The second kappa shape index (κ2) is 3.30. The van der Waals surface area contributed by atoms with Crippen LogP contribution in [0.4, 0.5) is 0 Å². The molecule has 1 fully saturated rings. The smallest absolute Gasteiger partial charge is 0.171 e. The number of hydrogen-bond donors (Lipinski definition) is 0. The summed E-state index contributed by atoms with van der Waals surface area (Å²) >= 11 is 5.59. The SMILES string of the molecule is CC1OC(CCl)OCC1(C)C. The molecule has 11 heavy (non-hydrogen) atoms. The molecule has 2 nitrogen and oxygen atoms in total. The number of alkyl halides is 1. The summed E-state index contributed by atoms with van der Waals surface area (Å²) in [5.41, 5.74) is 0.114. The van der Waals surface area contributed by atoms with Crippen LogP contribution in [0.5, 0.6) is 0 Å². The minimum Gasteiger partial charge on any atom is -0.351 e. The second-order valence-corrected chi connectivity index (χ2v) is 3.97. The first-order valence-electron chi connectivity index (χ1n) is 3.89. The summed E-state index contributed by atoms with van der Waals surface area (Å²) < 4.78 is 10.9. The van der Waals surface area contributed by atoms with Crippen molar-refractivity contribution in [1.82, 2.24) is 0 Å². The van der Waals surface area contributed by atoms with Gasteiger partial charge in [0, 0.05) is 5.41 Å². The normalized spacial score (nSPS) is 37.1. The van der Waals surface area contributed by atoms with Crippen molar-refractivity contribution in [3.8, 4) is 0 Å². The lowest BCUT2D eigenvalue weighted by atomic mass is 9.88. The maximum Gasteiger partial charge on any atom is 0.171 e. The van der Waals surface area contributed by atoms with Gasteiger partial charge in [0.2, 0.25) is 0 Å². The predicted molar refractivity (Wildman–Crippen MR) is 44.8 cm³/mol. The fourth-order valence-electron chi connectivity index (χ4n) is 0.957. The molecule has 2 atom stereocenters. The van der Waals surface area contributed by atoms with Gasteiger partial charge in [0.05, 0.1) is 18.6 Å². The third-order valence-corrected chi connectivity index (χ3v) is 2.48. The van der Waals surface area contributed by atoms with Crippen LogP contribution in [0.3, 0.4) is 0 Å². The molecule has 0 radical (unpaired) electrons. The van der Waals surface area contributed by atoms with Crippen molar-refractivity contribution in [3.05, 3.63) is 0 Å². The van der Waals surface area contributed by atoms with Gasteiger partial charge in [-0.05, 0) is 6.92 Å². The van der Waals surface area contributed by atoms with Crippen LogP contribution in [0.1, 0.15) is 20.8 Å². The van der Waals surface area contributed by atoms with Gasteiger partial charge in [-0.15, -0.1) is 11.6 Å². The summed E-state index contributed by atoms with van der Waals surface area (Å²) in [6.45, 7) is 7.04. The summed E-state index contributed by atoms with van der Waals surface area (Å²) in [4.78, 5) is 0. The van der Waals surface area contributed by atoms with E-state index in [-0.39, 0.29) is 17.8 Å². The van der Waals surface area contributed by atoms with Gasteiger partial charge < -0.3 is 9.47 Å². The van der Waals surface area contributed by atoms with Crippen LogP contribution in [0.25, 0.3) is 0 Å². The molecule has 0 aromatic carbocycles. The van der Waals surface area contributed by atoms with E-state index in [4.69, 9.17) is 21.1 Å². The van der Waals surface area contributed by atoms with Crippen molar-refractivity contribution in [1.29, 1.82) is 0 Å². The van der Waals surface area contributed by atoms with Crippen LogP contribution in [-0.4, -0.2) is 24.9 Å². The highest BCUT2D eigenvalue weighted by Crippen LogP contribution is 2.29. The number of rotatable bonds is 1. The fourth-order valence-corrected chi connectivity index (χ4v) is 1.12. The van der Waals surface area contributed by atoms with Crippen LogP contribution in [-0.2, 0) is 9.47 Å². The maximum atomic E-state index is 5.59. The third kappa shape index (κ3) is 2.08. The van der Waals surface area contributed by atoms with Crippen LogP contribution in [0, 0.1) is 5.41 Å². The molecule has 0 aromatic heterocycles. The summed E-state index contributed by atoms with van der Waals surface area (Å²) in [5, 5.41) is 0. The molecule has 0 aliphatic carbocycles. The number of ether oxygens (including phenoxy) is 2. The molecule has 0 bridgehead atoms. The molecule has 1 saturated heterocycles. The molecular weight excluding hydrogens is 164 g/mol. The molecule has 1 aliphatic rings. The molecule has 2 unspecified atom stereocenters. The Labute approximate surface area is 72.8 Å². The number of halogens is 1. The Balaban J connectivity index is 2.48. The van der Waals surface area contributed by atoms with Gasteiger partial charge in [-0.3, -0.25) is 0 Å². The molecule has 0 N–H and O–H groups in total. The molecule has 0 spiro atoms. The summed E-state index contributed by atoms with van der Waals surface area (Å²) in [7, 11) is 0. The monoisotopic (exact) mass is 178 g/mol. The predicted octanol–water partition coefficient (Wildman–Crippen LogP) is 2.01. The Morgan fingerprint density at radius 2 is 2.18 bits per heavy atom. The van der Waals surface area contributed by atoms with Gasteiger partial charge in [0.15, 0.2) is 6.29 Å². The minimum absolute atomic E-state index is 0.114. The topological polar surface area (TPSA) is 18.5 Å². The highest BCUT2D eigenvalue weighted by Gasteiger charge is 2.34. The van der Waals surface area contributed by atoms with Gasteiger partial charge in [0.1, 0.15) is 0 Å². The quantitative estimate of drug-likeness (QED) is 0.572. The van der Waals surface area contributed by atoms with Gasteiger partial charge in [-0.2, -0.15) is 0 Å². The molecular formula is C8H15ClO2. The van der Waals surface area contributed by atoms with Gasteiger partial charge >= 0.3 is 0 Å². The molecule has 1 heterocycles. The van der Waals surface area contributed by atoms with Crippen molar-refractivity contribution in [2.45, 2.75) is 33.2 Å². The van der Waals surface area contributed by atoms with Crippen molar-refractivity contribution in [2.24, 2.45) is 5.41 Å². The van der Waals surface area contributed by atoms with E-state index in [1.165, 1.54) is 0 Å². The summed E-state index contributed by atoms with van der Waals surface area (Å²) in [6, 6.07) is 0. The first-order chi connectivity index (χ1) is 5.06. The fraction of sp³-hybridized carbons (Fsp3) is 1.00. The van der Waals surface area contributed by atoms with E-state index < -0.39 is 0 Å². The van der Waals surface area contributed by atoms with E-state index in [1.807, 2.05) is 0 Å². The Morgan fingerprint density at radius 1 is 1.55 bits per heavy atom. The first kappa shape index (κ1) is 9.30. The zero-order valence-electron chi connectivity index (χ0n) is 7.26. The van der Waals surface area contributed by atoms with E-state index in [9.17, 15) is 0 Å². The molecule has 0 saturated carbocycles. The lowest BCUT2D eigenvalue weighted by Crippen LogP contribution is -2.44. The van der Waals surface area contributed by atoms with Crippen LogP contribution in [0.15, 0.2) is 0 Å². The molecule has 3 heteroatoms. The average Bonchev–Trinajstić information content (AvgIpc) is 1.95. The molecule has 1 aliphatic heterocycles. The highest BCUT2D eigenvalue weighted by molar-refractivity contribution is 6.18. The Bertz CT molecular complexity index is 136. The standard InChI is InChI=1S/C8H15ClO2/c1-6-8(2,3)5-10-7(4-9)11-6/h6-7H,4-5H2,1-3H3. The van der Waals surface area contributed by atoms with Crippen molar-refractivity contribution >= 4 is 11.6 Å². The van der Waals surface area contributed by atoms with E-state index in [0.717, 1.165) is 6.61 Å².